The van der Waals surface area contributed by atoms with Crippen LogP contribution < -0.4 is 5.32 Å². The molecule has 0 fully saturated rings. The lowest BCUT2D eigenvalue weighted by Crippen LogP contribution is -2.12. The maximum absolute atomic E-state index is 12.8. The fourth-order valence-corrected chi connectivity index (χ4v) is 3.54. The van der Waals surface area contributed by atoms with Crippen molar-refractivity contribution in [3.05, 3.63) is 89.2 Å². The Morgan fingerprint density at radius 1 is 0.893 bits per heavy atom. The third-order valence-electron chi connectivity index (χ3n) is 4.98. The van der Waals surface area contributed by atoms with Gasteiger partial charge in [0.25, 0.3) is 5.91 Å². The fraction of sp³-hybridized carbons (Fsp3) is 0.136. The Bertz CT molecular complexity index is 1050. The molecular weight excluding hydrogens is 356 g/mol. The van der Waals surface area contributed by atoms with Crippen LogP contribution in [0, 0.1) is 0 Å². The summed E-state index contributed by atoms with van der Waals surface area (Å²) in [6, 6.07) is 19.0. The van der Waals surface area contributed by atoms with Gasteiger partial charge in [0.2, 0.25) is 5.78 Å². The Hall–Kier alpha value is -3.67. The molecule has 1 aromatic heterocycles. The van der Waals surface area contributed by atoms with Gasteiger partial charge < -0.3 is 15.0 Å². The van der Waals surface area contributed by atoms with Gasteiger partial charge in [-0.05, 0) is 55.0 Å². The first kappa shape index (κ1) is 17.7. The summed E-state index contributed by atoms with van der Waals surface area (Å²) < 4.78 is 1.78. The minimum absolute atomic E-state index is 0.168. The van der Waals surface area contributed by atoms with Crippen LogP contribution in [0.25, 0.3) is 0 Å². The fourth-order valence-electron chi connectivity index (χ4n) is 3.54. The van der Waals surface area contributed by atoms with E-state index in [2.05, 4.69) is 5.32 Å². The quantitative estimate of drug-likeness (QED) is 0.669. The molecule has 140 valence electrons. The number of fused-ring (bicyclic) bond motifs is 1. The van der Waals surface area contributed by atoms with Crippen LogP contribution in [0.15, 0.2) is 66.7 Å². The number of nitrogens with zero attached hydrogens (tertiary/aromatic N) is 1. The Kier molecular flexibility index (Phi) is 4.53. The lowest BCUT2D eigenvalue weighted by Gasteiger charge is -2.08. The molecule has 1 aliphatic heterocycles. The molecule has 0 bridgehead atoms. The number of ketones is 1. The largest absolute Gasteiger partial charge is 0.481 e. The normalized spacial score (nSPS) is 15.1. The molecule has 3 aromatic rings. The van der Waals surface area contributed by atoms with Crippen LogP contribution >= 0.6 is 0 Å². The first-order chi connectivity index (χ1) is 13.5. The molecule has 0 aliphatic carbocycles. The van der Waals surface area contributed by atoms with Gasteiger partial charge in [-0.1, -0.05) is 18.2 Å². The zero-order chi connectivity index (χ0) is 19.7. The predicted molar refractivity (Wildman–Crippen MR) is 104 cm³/mol. The van der Waals surface area contributed by atoms with E-state index in [9.17, 15) is 19.5 Å². The molecule has 2 heterocycles. The topological polar surface area (TPSA) is 88.4 Å². The number of aromatic nitrogens is 1. The Morgan fingerprint density at radius 2 is 1.61 bits per heavy atom. The Morgan fingerprint density at radius 3 is 2.29 bits per heavy atom. The first-order valence-corrected chi connectivity index (χ1v) is 8.98. The lowest BCUT2D eigenvalue weighted by molar-refractivity contribution is -0.138. The van der Waals surface area contributed by atoms with Crippen molar-refractivity contribution in [3.63, 3.8) is 0 Å². The summed E-state index contributed by atoms with van der Waals surface area (Å²) in [4.78, 5) is 36.4. The zero-order valence-corrected chi connectivity index (χ0v) is 15.0. The third-order valence-corrected chi connectivity index (χ3v) is 4.98. The van der Waals surface area contributed by atoms with Crippen LogP contribution in [-0.2, 0) is 11.3 Å². The number of aliphatic carboxylic acids is 1. The molecule has 0 saturated heterocycles. The third kappa shape index (κ3) is 3.20. The highest BCUT2D eigenvalue weighted by atomic mass is 16.4. The number of nitrogens with one attached hydrogen (secondary N) is 1. The minimum atomic E-state index is -0.866. The number of carboxylic acid groups (broad SMARTS) is 1. The van der Waals surface area contributed by atoms with Crippen molar-refractivity contribution in [1.29, 1.82) is 0 Å². The molecule has 28 heavy (non-hydrogen) atoms. The van der Waals surface area contributed by atoms with Crippen LogP contribution in [0.1, 0.15) is 44.4 Å². The standard InChI is InChI=1S/C22H18N2O4/c25-20(19-11-10-18-17(22(27)28)12-13-24(18)19)14-6-8-16(9-7-14)23-21(26)15-4-2-1-3-5-15/h1-11,17H,12-13H2,(H,23,26)(H,27,28). The highest BCUT2D eigenvalue weighted by Gasteiger charge is 2.31. The Labute approximate surface area is 161 Å². The summed E-state index contributed by atoms with van der Waals surface area (Å²) in [6.45, 7) is 0.519. The highest BCUT2D eigenvalue weighted by Crippen LogP contribution is 2.31. The molecule has 2 N–H and O–H groups in total. The van der Waals surface area contributed by atoms with Crippen LogP contribution in [0.4, 0.5) is 5.69 Å². The van der Waals surface area contributed by atoms with Gasteiger partial charge in [0.1, 0.15) is 0 Å². The molecule has 6 heteroatoms. The van der Waals surface area contributed by atoms with Gasteiger partial charge in [-0.15, -0.1) is 0 Å². The summed E-state index contributed by atoms with van der Waals surface area (Å²) in [5.41, 5.74) is 2.79. The monoisotopic (exact) mass is 374 g/mol. The second-order valence-corrected chi connectivity index (χ2v) is 6.70. The Balaban J connectivity index is 1.51. The number of carboxylic acids is 1. The predicted octanol–water partition coefficient (Wildman–Crippen LogP) is 3.54. The molecule has 4 rings (SSSR count). The lowest BCUT2D eigenvalue weighted by atomic mass is 10.1. The molecule has 1 amide bonds. The smallest absolute Gasteiger partial charge is 0.312 e. The number of carbonyl (C=O) groups excluding carboxylic acids is 2. The van der Waals surface area contributed by atoms with Gasteiger partial charge in [-0.25, -0.2) is 0 Å². The van der Waals surface area contributed by atoms with E-state index in [1.165, 1.54) is 0 Å². The van der Waals surface area contributed by atoms with Crippen molar-refractivity contribution >= 4 is 23.3 Å². The van der Waals surface area contributed by atoms with E-state index in [1.54, 1.807) is 65.2 Å². The number of benzene rings is 2. The van der Waals surface area contributed by atoms with Gasteiger partial charge in [0.05, 0.1) is 11.6 Å². The summed E-state index contributed by atoms with van der Waals surface area (Å²) in [5, 5.41) is 12.1. The molecule has 0 saturated carbocycles. The first-order valence-electron chi connectivity index (χ1n) is 8.98. The minimum Gasteiger partial charge on any atom is -0.481 e. The second-order valence-electron chi connectivity index (χ2n) is 6.70. The number of rotatable bonds is 5. The molecule has 2 aromatic carbocycles. The van der Waals surface area contributed by atoms with E-state index < -0.39 is 11.9 Å². The van der Waals surface area contributed by atoms with Crippen molar-refractivity contribution in [2.45, 2.75) is 18.9 Å². The summed E-state index contributed by atoms with van der Waals surface area (Å²) in [6.07, 6.45) is 0.496. The average molecular weight is 374 g/mol. The van der Waals surface area contributed by atoms with Crippen molar-refractivity contribution < 1.29 is 19.5 Å². The summed E-state index contributed by atoms with van der Waals surface area (Å²) >= 11 is 0. The maximum atomic E-state index is 12.8. The van der Waals surface area contributed by atoms with E-state index in [-0.39, 0.29) is 11.7 Å². The molecule has 1 unspecified atom stereocenters. The van der Waals surface area contributed by atoms with Gasteiger partial charge >= 0.3 is 5.97 Å². The van der Waals surface area contributed by atoms with Crippen molar-refractivity contribution in [2.24, 2.45) is 0 Å². The summed E-state index contributed by atoms with van der Waals surface area (Å²) in [5.74, 6) is -1.81. The van der Waals surface area contributed by atoms with Gasteiger partial charge in [-0.2, -0.15) is 0 Å². The van der Waals surface area contributed by atoms with E-state index in [0.717, 1.165) is 0 Å². The molecular formula is C22H18N2O4. The zero-order valence-electron chi connectivity index (χ0n) is 15.0. The number of anilines is 1. The van der Waals surface area contributed by atoms with Gasteiger partial charge in [0.15, 0.2) is 0 Å². The van der Waals surface area contributed by atoms with Crippen molar-refractivity contribution in [1.82, 2.24) is 4.57 Å². The van der Waals surface area contributed by atoms with Crippen LogP contribution in [0.5, 0.6) is 0 Å². The van der Waals surface area contributed by atoms with E-state index in [1.807, 2.05) is 6.07 Å². The number of hydrogen-bond donors (Lipinski definition) is 2. The van der Waals surface area contributed by atoms with Crippen molar-refractivity contribution in [3.8, 4) is 0 Å². The second kappa shape index (κ2) is 7.15. The van der Waals surface area contributed by atoms with Crippen LogP contribution in [-0.4, -0.2) is 27.3 Å². The highest BCUT2D eigenvalue weighted by molar-refractivity contribution is 6.09. The van der Waals surface area contributed by atoms with Gasteiger partial charge in [-0.3, -0.25) is 14.4 Å². The SMILES string of the molecule is O=C(Nc1ccc(C(=O)c2ccc3n2CCC3C(=O)O)cc1)c1ccccc1. The average Bonchev–Trinajstić information content (AvgIpc) is 3.30. The molecule has 6 nitrogen and oxygen atoms in total. The number of carbonyl (C=O) groups is 3. The van der Waals surface area contributed by atoms with Crippen molar-refractivity contribution in [2.75, 3.05) is 5.32 Å². The maximum Gasteiger partial charge on any atom is 0.312 e. The molecule has 1 atom stereocenters. The van der Waals surface area contributed by atoms with E-state index >= 15 is 0 Å². The van der Waals surface area contributed by atoms with E-state index in [4.69, 9.17) is 0 Å². The molecule has 0 spiro atoms. The number of hydrogen-bond acceptors (Lipinski definition) is 3. The summed E-state index contributed by atoms with van der Waals surface area (Å²) in [7, 11) is 0. The number of amides is 1. The molecule has 0 radical (unpaired) electrons. The van der Waals surface area contributed by atoms with Gasteiger partial charge in [0, 0.05) is 29.1 Å². The van der Waals surface area contributed by atoms with Crippen LogP contribution in [0.3, 0.4) is 0 Å². The molecule has 1 aliphatic rings. The van der Waals surface area contributed by atoms with Crippen LogP contribution in [0.2, 0.25) is 0 Å². The van der Waals surface area contributed by atoms with E-state index in [0.29, 0.717) is 41.2 Å².